The van der Waals surface area contributed by atoms with Gasteiger partial charge in [-0.05, 0) is 68.6 Å². The Kier molecular flexibility index (Phi) is 7.34. The summed E-state index contributed by atoms with van der Waals surface area (Å²) < 4.78 is 13.0. The molecular formula is C25H29FN4O3. The van der Waals surface area contributed by atoms with Gasteiger partial charge in [0.25, 0.3) is 5.91 Å². The second-order valence-corrected chi connectivity index (χ2v) is 8.74. The molecule has 3 amide bonds. The van der Waals surface area contributed by atoms with Gasteiger partial charge in [0.15, 0.2) is 0 Å². The van der Waals surface area contributed by atoms with Gasteiger partial charge < -0.3 is 16.0 Å². The van der Waals surface area contributed by atoms with Gasteiger partial charge >= 0.3 is 0 Å². The first-order valence-electron chi connectivity index (χ1n) is 11.4. The highest BCUT2D eigenvalue weighted by Gasteiger charge is 2.27. The van der Waals surface area contributed by atoms with E-state index in [9.17, 15) is 18.8 Å². The van der Waals surface area contributed by atoms with Crippen molar-refractivity contribution in [1.82, 2.24) is 15.5 Å². The Balaban J connectivity index is 1.21. The largest absolute Gasteiger partial charge is 0.352 e. The zero-order valence-electron chi connectivity index (χ0n) is 18.5. The standard InChI is InChI=1S/C25H29FN4O3/c26-19-7-5-17(6-8-19)15-27-24(32)18-11-13-30(14-12-18)16-23(31)29-22-4-2-1-3-21(22)25(33)28-20-9-10-20/h1-8,18,20H,9-16H2,(H,27,32)(H,28,33)(H,29,31). The molecule has 174 valence electrons. The van der Waals surface area contributed by atoms with E-state index in [1.165, 1.54) is 12.1 Å². The van der Waals surface area contributed by atoms with E-state index < -0.39 is 0 Å². The second kappa shape index (κ2) is 10.6. The van der Waals surface area contributed by atoms with Crippen molar-refractivity contribution in [1.29, 1.82) is 0 Å². The number of rotatable bonds is 8. The lowest BCUT2D eigenvalue weighted by Crippen LogP contribution is -2.43. The van der Waals surface area contributed by atoms with Gasteiger partial charge in [-0.2, -0.15) is 0 Å². The van der Waals surface area contributed by atoms with E-state index in [1.807, 2.05) is 4.90 Å². The second-order valence-electron chi connectivity index (χ2n) is 8.74. The molecule has 1 saturated carbocycles. The highest BCUT2D eigenvalue weighted by atomic mass is 19.1. The number of nitrogens with zero attached hydrogens (tertiary/aromatic N) is 1. The summed E-state index contributed by atoms with van der Waals surface area (Å²) in [5.74, 6) is -0.760. The molecular weight excluding hydrogens is 423 g/mol. The lowest BCUT2D eigenvalue weighted by Gasteiger charge is -2.30. The molecule has 0 radical (unpaired) electrons. The lowest BCUT2D eigenvalue weighted by atomic mass is 9.96. The number of hydrogen-bond donors (Lipinski definition) is 3. The number of benzene rings is 2. The van der Waals surface area contributed by atoms with E-state index in [-0.39, 0.29) is 42.0 Å². The van der Waals surface area contributed by atoms with Gasteiger partial charge in [0, 0.05) is 18.5 Å². The molecule has 0 aromatic heterocycles. The van der Waals surface area contributed by atoms with Crippen LogP contribution in [0.3, 0.4) is 0 Å². The van der Waals surface area contributed by atoms with Gasteiger partial charge in [0.1, 0.15) is 5.82 Å². The molecule has 2 aliphatic rings. The first kappa shape index (κ1) is 22.9. The molecule has 1 aliphatic carbocycles. The Morgan fingerprint density at radius 3 is 2.33 bits per heavy atom. The van der Waals surface area contributed by atoms with Crippen LogP contribution in [-0.2, 0) is 16.1 Å². The first-order chi connectivity index (χ1) is 16.0. The molecule has 2 aromatic rings. The Morgan fingerprint density at radius 2 is 1.64 bits per heavy atom. The van der Waals surface area contributed by atoms with Crippen LogP contribution in [0.4, 0.5) is 10.1 Å². The number of likely N-dealkylation sites (tertiary alicyclic amines) is 1. The number of halogens is 1. The molecule has 1 heterocycles. The van der Waals surface area contributed by atoms with Gasteiger partial charge in [-0.1, -0.05) is 24.3 Å². The molecule has 1 saturated heterocycles. The van der Waals surface area contributed by atoms with Crippen LogP contribution >= 0.6 is 0 Å². The van der Waals surface area contributed by atoms with E-state index in [0.29, 0.717) is 43.7 Å². The van der Waals surface area contributed by atoms with Crippen molar-refractivity contribution in [2.24, 2.45) is 5.92 Å². The third kappa shape index (κ3) is 6.61. The Bertz CT molecular complexity index is 999. The van der Waals surface area contributed by atoms with E-state index in [0.717, 1.165) is 18.4 Å². The van der Waals surface area contributed by atoms with Gasteiger partial charge in [-0.15, -0.1) is 0 Å². The van der Waals surface area contributed by atoms with E-state index in [4.69, 9.17) is 0 Å². The Hall–Kier alpha value is -3.26. The molecule has 0 unspecified atom stereocenters. The van der Waals surface area contributed by atoms with Crippen LogP contribution < -0.4 is 16.0 Å². The van der Waals surface area contributed by atoms with Crippen molar-refractivity contribution in [2.75, 3.05) is 25.0 Å². The number of carbonyl (C=O) groups is 3. The molecule has 4 rings (SSSR count). The number of anilines is 1. The summed E-state index contributed by atoms with van der Waals surface area (Å²) in [4.78, 5) is 39.5. The first-order valence-corrected chi connectivity index (χ1v) is 11.4. The Labute approximate surface area is 192 Å². The van der Waals surface area contributed by atoms with Crippen LogP contribution in [0.2, 0.25) is 0 Å². The molecule has 0 atom stereocenters. The molecule has 33 heavy (non-hydrogen) atoms. The number of para-hydroxylation sites is 1. The van der Waals surface area contributed by atoms with Crippen molar-refractivity contribution in [3.63, 3.8) is 0 Å². The van der Waals surface area contributed by atoms with Crippen molar-refractivity contribution < 1.29 is 18.8 Å². The summed E-state index contributed by atoms with van der Waals surface area (Å²) in [7, 11) is 0. The van der Waals surface area contributed by atoms with Crippen LogP contribution in [-0.4, -0.2) is 48.3 Å². The summed E-state index contributed by atoms with van der Waals surface area (Å²) in [6.07, 6.45) is 3.34. The summed E-state index contributed by atoms with van der Waals surface area (Å²) in [5, 5.41) is 8.72. The third-order valence-electron chi connectivity index (χ3n) is 6.06. The normalized spacial score (nSPS) is 16.8. The molecule has 2 aromatic carbocycles. The zero-order valence-corrected chi connectivity index (χ0v) is 18.5. The van der Waals surface area contributed by atoms with E-state index >= 15 is 0 Å². The maximum Gasteiger partial charge on any atom is 0.253 e. The SMILES string of the molecule is O=C(CN1CCC(C(=O)NCc2ccc(F)cc2)CC1)Nc1ccccc1C(=O)NC1CC1. The minimum Gasteiger partial charge on any atom is -0.352 e. The minimum atomic E-state index is -0.300. The van der Waals surface area contributed by atoms with Crippen LogP contribution in [0.15, 0.2) is 48.5 Å². The predicted octanol–water partition coefficient (Wildman–Crippen LogP) is 2.68. The molecule has 7 nitrogen and oxygen atoms in total. The van der Waals surface area contributed by atoms with Crippen molar-refractivity contribution in [2.45, 2.75) is 38.3 Å². The highest BCUT2D eigenvalue weighted by Crippen LogP contribution is 2.22. The average molecular weight is 453 g/mol. The topological polar surface area (TPSA) is 90.5 Å². The van der Waals surface area contributed by atoms with Crippen LogP contribution in [0.1, 0.15) is 41.6 Å². The van der Waals surface area contributed by atoms with Crippen LogP contribution in [0.5, 0.6) is 0 Å². The fourth-order valence-corrected chi connectivity index (χ4v) is 3.96. The summed E-state index contributed by atoms with van der Waals surface area (Å²) >= 11 is 0. The van der Waals surface area contributed by atoms with Gasteiger partial charge in [0.05, 0.1) is 17.8 Å². The molecule has 3 N–H and O–H groups in total. The Morgan fingerprint density at radius 1 is 0.939 bits per heavy atom. The van der Waals surface area contributed by atoms with Crippen molar-refractivity contribution in [3.05, 3.63) is 65.5 Å². The predicted molar refractivity (Wildman–Crippen MR) is 123 cm³/mol. The maximum absolute atomic E-state index is 13.0. The molecule has 8 heteroatoms. The summed E-state index contributed by atoms with van der Waals surface area (Å²) in [6.45, 7) is 1.87. The number of hydrogen-bond acceptors (Lipinski definition) is 4. The van der Waals surface area contributed by atoms with Crippen LogP contribution in [0, 0.1) is 11.7 Å². The zero-order chi connectivity index (χ0) is 23.2. The molecule has 2 fully saturated rings. The smallest absolute Gasteiger partial charge is 0.253 e. The van der Waals surface area contributed by atoms with Crippen molar-refractivity contribution >= 4 is 23.4 Å². The number of carbonyl (C=O) groups excluding carboxylic acids is 3. The summed E-state index contributed by atoms with van der Waals surface area (Å²) in [5.41, 5.74) is 1.83. The fourth-order valence-electron chi connectivity index (χ4n) is 3.96. The molecule has 1 aliphatic heterocycles. The van der Waals surface area contributed by atoms with Gasteiger partial charge in [0.2, 0.25) is 11.8 Å². The number of nitrogens with one attached hydrogen (secondary N) is 3. The lowest BCUT2D eigenvalue weighted by molar-refractivity contribution is -0.126. The quantitative estimate of drug-likeness (QED) is 0.575. The molecule has 0 bridgehead atoms. The summed E-state index contributed by atoms with van der Waals surface area (Å²) in [6, 6.07) is 13.3. The van der Waals surface area contributed by atoms with Crippen LogP contribution in [0.25, 0.3) is 0 Å². The van der Waals surface area contributed by atoms with E-state index in [1.54, 1.807) is 36.4 Å². The monoisotopic (exact) mass is 452 g/mol. The average Bonchev–Trinajstić information content (AvgIpc) is 3.63. The fraction of sp³-hybridized carbons (Fsp3) is 0.400. The number of amides is 3. The molecule has 0 spiro atoms. The number of piperidine rings is 1. The van der Waals surface area contributed by atoms with Crippen molar-refractivity contribution in [3.8, 4) is 0 Å². The van der Waals surface area contributed by atoms with E-state index in [2.05, 4.69) is 16.0 Å². The van der Waals surface area contributed by atoms with Gasteiger partial charge in [-0.25, -0.2) is 4.39 Å². The maximum atomic E-state index is 13.0. The minimum absolute atomic E-state index is 0.0148. The van der Waals surface area contributed by atoms with Gasteiger partial charge in [-0.3, -0.25) is 19.3 Å². The third-order valence-corrected chi connectivity index (χ3v) is 6.06. The highest BCUT2D eigenvalue weighted by molar-refractivity contribution is 6.04.